The molecule has 0 fully saturated rings. The predicted molar refractivity (Wildman–Crippen MR) is 119 cm³/mol. The first kappa shape index (κ1) is 25.7. The van der Waals surface area contributed by atoms with Crippen LogP contribution in [0.5, 0.6) is 0 Å². The van der Waals surface area contributed by atoms with Crippen LogP contribution in [0.4, 0.5) is 13.2 Å². The van der Waals surface area contributed by atoms with Crippen molar-refractivity contribution in [3.8, 4) is 11.3 Å². The number of hydrogen-bond acceptors (Lipinski definition) is 5. The van der Waals surface area contributed by atoms with E-state index in [0.29, 0.717) is 16.7 Å². The van der Waals surface area contributed by atoms with Crippen LogP contribution < -0.4 is 5.73 Å². The summed E-state index contributed by atoms with van der Waals surface area (Å²) in [7, 11) is 1.24. The molecular weight excluding hydrogens is 521 g/mol. The number of benzene rings is 1. The summed E-state index contributed by atoms with van der Waals surface area (Å²) in [6.45, 7) is 5.16. The Labute approximate surface area is 202 Å². The van der Waals surface area contributed by atoms with E-state index in [1.165, 1.54) is 24.1 Å². The fourth-order valence-electron chi connectivity index (χ4n) is 3.76. The Kier molecular flexibility index (Phi) is 6.84. The lowest BCUT2D eigenvalue weighted by atomic mass is 10.0. The van der Waals surface area contributed by atoms with Crippen LogP contribution in [-0.4, -0.2) is 43.9 Å². The van der Waals surface area contributed by atoms with E-state index in [4.69, 9.17) is 10.5 Å². The van der Waals surface area contributed by atoms with E-state index in [9.17, 15) is 27.6 Å². The summed E-state index contributed by atoms with van der Waals surface area (Å²) in [6, 6.07) is 3.49. The average Bonchev–Trinajstić information content (AvgIpc) is 3.17. The SMILES string of the molecule is Cn1c(C(F)(F)F)nc(-c2ccc3c(c2)CN(C(CCC(=O)OC(C)(C)C)C(N)=O)C3=O)c1Br. The molecule has 184 valence electrons. The van der Waals surface area contributed by atoms with Gasteiger partial charge in [0, 0.05) is 31.1 Å². The molecule has 1 aliphatic rings. The van der Waals surface area contributed by atoms with E-state index in [1.807, 2.05) is 0 Å². The summed E-state index contributed by atoms with van der Waals surface area (Å²) < 4.78 is 46.0. The summed E-state index contributed by atoms with van der Waals surface area (Å²) in [5, 5.41) is 0. The van der Waals surface area contributed by atoms with Crippen molar-refractivity contribution in [2.24, 2.45) is 12.8 Å². The van der Waals surface area contributed by atoms with Crippen LogP contribution in [0, 0.1) is 0 Å². The molecule has 0 saturated heterocycles. The van der Waals surface area contributed by atoms with Crippen LogP contribution in [0.3, 0.4) is 0 Å². The van der Waals surface area contributed by atoms with Crippen molar-refractivity contribution in [2.75, 3.05) is 0 Å². The fraction of sp³-hybridized carbons (Fsp3) is 0.455. The number of esters is 1. The second-order valence-corrected chi connectivity index (χ2v) is 9.73. The molecule has 2 heterocycles. The van der Waals surface area contributed by atoms with Gasteiger partial charge in [-0.05, 0) is 60.8 Å². The van der Waals surface area contributed by atoms with E-state index in [-0.39, 0.29) is 29.7 Å². The third-order valence-electron chi connectivity index (χ3n) is 5.24. The molecule has 3 rings (SSSR count). The number of fused-ring (bicyclic) bond motifs is 1. The lowest BCUT2D eigenvalue weighted by molar-refractivity contribution is -0.155. The van der Waals surface area contributed by atoms with Gasteiger partial charge >= 0.3 is 12.1 Å². The summed E-state index contributed by atoms with van der Waals surface area (Å²) in [4.78, 5) is 42.1. The number of hydrogen-bond donors (Lipinski definition) is 1. The average molecular weight is 545 g/mol. The molecule has 0 saturated carbocycles. The number of aromatic nitrogens is 2. The molecule has 0 spiro atoms. The summed E-state index contributed by atoms with van der Waals surface area (Å²) >= 11 is 3.15. The number of primary amides is 1. The zero-order valence-corrected chi connectivity index (χ0v) is 20.6. The second kappa shape index (κ2) is 9.05. The van der Waals surface area contributed by atoms with Gasteiger partial charge in [-0.25, -0.2) is 4.98 Å². The Morgan fingerprint density at radius 3 is 2.44 bits per heavy atom. The van der Waals surface area contributed by atoms with Crippen molar-refractivity contribution in [1.82, 2.24) is 14.5 Å². The summed E-state index contributed by atoms with van der Waals surface area (Å²) in [6.07, 6.45) is -4.77. The minimum Gasteiger partial charge on any atom is -0.460 e. The number of rotatable bonds is 6. The van der Waals surface area contributed by atoms with Gasteiger partial charge in [-0.2, -0.15) is 13.2 Å². The Hall–Kier alpha value is -2.89. The van der Waals surface area contributed by atoms with Crippen molar-refractivity contribution >= 4 is 33.7 Å². The largest absolute Gasteiger partial charge is 0.460 e. The standard InChI is InChI=1S/C22H24BrF3N4O4/c1-21(2,3)34-15(31)8-7-14(18(27)32)30-10-12-9-11(5-6-13(12)19(30)33)16-17(23)29(4)20(28-16)22(24,25)26/h5-6,9,14H,7-8,10H2,1-4H3,(H2,27,32). The van der Waals surface area contributed by atoms with Crippen LogP contribution in [0.25, 0.3) is 11.3 Å². The van der Waals surface area contributed by atoms with E-state index in [2.05, 4.69) is 20.9 Å². The zero-order valence-electron chi connectivity index (χ0n) is 19.0. The number of carbonyl (C=O) groups is 3. The fourth-order valence-corrected chi connectivity index (χ4v) is 4.24. The van der Waals surface area contributed by atoms with Gasteiger partial charge in [0.05, 0.1) is 0 Å². The molecule has 2 aromatic rings. The van der Waals surface area contributed by atoms with Crippen molar-refractivity contribution in [3.05, 3.63) is 39.8 Å². The Balaban J connectivity index is 1.85. The normalized spacial score (nSPS) is 14.8. The molecular formula is C22H24BrF3N4O4. The van der Waals surface area contributed by atoms with Crippen molar-refractivity contribution in [3.63, 3.8) is 0 Å². The van der Waals surface area contributed by atoms with E-state index >= 15 is 0 Å². The molecule has 1 aromatic heterocycles. The topological polar surface area (TPSA) is 108 Å². The number of imidazole rings is 1. The number of nitrogens with two attached hydrogens (primary N) is 1. The van der Waals surface area contributed by atoms with Crippen LogP contribution in [0.1, 0.15) is 55.4 Å². The number of nitrogens with zero attached hydrogens (tertiary/aromatic N) is 3. The molecule has 12 heteroatoms. The molecule has 0 aliphatic carbocycles. The lowest BCUT2D eigenvalue weighted by Gasteiger charge is -2.25. The second-order valence-electron chi connectivity index (χ2n) is 8.98. The van der Waals surface area contributed by atoms with E-state index in [1.54, 1.807) is 26.8 Å². The molecule has 1 aromatic carbocycles. The molecule has 8 nitrogen and oxygen atoms in total. The quantitative estimate of drug-likeness (QED) is 0.556. The van der Waals surface area contributed by atoms with Gasteiger partial charge in [-0.3, -0.25) is 14.4 Å². The lowest BCUT2D eigenvalue weighted by Crippen LogP contribution is -2.45. The van der Waals surface area contributed by atoms with Crippen molar-refractivity contribution in [2.45, 2.75) is 58.0 Å². The zero-order chi connectivity index (χ0) is 25.6. The number of carbonyl (C=O) groups excluding carboxylic acids is 3. The van der Waals surface area contributed by atoms with Gasteiger partial charge in [0.15, 0.2) is 0 Å². The smallest absolute Gasteiger partial charge is 0.449 e. The minimum absolute atomic E-state index is 0.0144. The van der Waals surface area contributed by atoms with Crippen molar-refractivity contribution in [1.29, 1.82) is 0 Å². The molecule has 0 radical (unpaired) electrons. The highest BCUT2D eigenvalue weighted by Crippen LogP contribution is 2.37. The first-order valence-corrected chi connectivity index (χ1v) is 11.1. The van der Waals surface area contributed by atoms with Gasteiger partial charge in [-0.1, -0.05) is 6.07 Å². The first-order valence-electron chi connectivity index (χ1n) is 10.3. The monoisotopic (exact) mass is 544 g/mol. The highest BCUT2D eigenvalue weighted by atomic mass is 79.9. The van der Waals surface area contributed by atoms with Gasteiger partial charge in [0.25, 0.3) is 5.91 Å². The Morgan fingerprint density at radius 2 is 1.91 bits per heavy atom. The van der Waals surface area contributed by atoms with Crippen LogP contribution in [0.2, 0.25) is 0 Å². The minimum atomic E-state index is -4.64. The van der Waals surface area contributed by atoms with Gasteiger partial charge in [0.2, 0.25) is 11.7 Å². The molecule has 1 unspecified atom stereocenters. The van der Waals surface area contributed by atoms with Crippen molar-refractivity contribution < 1.29 is 32.3 Å². The van der Waals surface area contributed by atoms with Crippen LogP contribution >= 0.6 is 15.9 Å². The number of alkyl halides is 3. The van der Waals surface area contributed by atoms with Gasteiger partial charge in [-0.15, -0.1) is 0 Å². The highest BCUT2D eigenvalue weighted by Gasteiger charge is 2.39. The van der Waals surface area contributed by atoms with Gasteiger partial charge < -0.3 is 19.9 Å². The maximum atomic E-state index is 13.2. The van der Waals surface area contributed by atoms with Crippen LogP contribution in [-0.2, 0) is 34.1 Å². The maximum absolute atomic E-state index is 13.2. The number of amides is 2. The Bertz CT molecular complexity index is 1150. The number of halogens is 4. The molecule has 1 aliphatic heterocycles. The predicted octanol–water partition coefficient (Wildman–Crippen LogP) is 3.80. The van der Waals surface area contributed by atoms with Gasteiger partial charge in [0.1, 0.15) is 21.9 Å². The third kappa shape index (κ3) is 5.26. The summed E-state index contributed by atoms with van der Waals surface area (Å²) in [5.41, 5.74) is 6.08. The molecule has 2 amide bonds. The molecule has 0 bridgehead atoms. The Morgan fingerprint density at radius 1 is 1.26 bits per heavy atom. The van der Waals surface area contributed by atoms with E-state index < -0.39 is 41.4 Å². The maximum Gasteiger partial charge on any atom is 0.449 e. The van der Waals surface area contributed by atoms with E-state index in [0.717, 1.165) is 4.57 Å². The molecule has 2 N–H and O–H groups in total. The number of ether oxygens (including phenoxy) is 1. The van der Waals surface area contributed by atoms with Crippen LogP contribution in [0.15, 0.2) is 22.8 Å². The first-order chi connectivity index (χ1) is 15.6. The highest BCUT2D eigenvalue weighted by molar-refractivity contribution is 9.10. The molecule has 34 heavy (non-hydrogen) atoms. The summed E-state index contributed by atoms with van der Waals surface area (Å²) in [5.74, 6) is -2.81. The molecule has 1 atom stereocenters. The third-order valence-corrected chi connectivity index (χ3v) is 6.14.